The molecule has 7 nitrogen and oxygen atoms in total. The van der Waals surface area contributed by atoms with Crippen LogP contribution in [-0.4, -0.2) is 30.1 Å². The molecule has 8 heteroatoms. The van der Waals surface area contributed by atoms with Crippen LogP contribution in [0.25, 0.3) is 0 Å². The third-order valence-electron chi connectivity index (χ3n) is 5.17. The summed E-state index contributed by atoms with van der Waals surface area (Å²) in [4.78, 5) is 37.4. The van der Waals surface area contributed by atoms with E-state index < -0.39 is 17.3 Å². The lowest BCUT2D eigenvalue weighted by molar-refractivity contribution is -0.161. The van der Waals surface area contributed by atoms with Crippen LogP contribution in [-0.2, 0) is 19.1 Å². The minimum absolute atomic E-state index is 0.176. The van der Waals surface area contributed by atoms with E-state index in [-0.39, 0.29) is 25.4 Å². The molecule has 170 valence electrons. The summed E-state index contributed by atoms with van der Waals surface area (Å²) in [6.07, 6.45) is 0.525. The number of hydrogen-bond donors (Lipinski definition) is 2. The van der Waals surface area contributed by atoms with Crippen LogP contribution in [0.3, 0.4) is 0 Å². The average Bonchev–Trinajstić information content (AvgIpc) is 2.77. The van der Waals surface area contributed by atoms with E-state index in [4.69, 9.17) is 16.3 Å². The maximum atomic E-state index is 13.1. The molecule has 2 aromatic carbocycles. The predicted molar refractivity (Wildman–Crippen MR) is 126 cm³/mol. The van der Waals surface area contributed by atoms with E-state index in [0.717, 1.165) is 0 Å². The monoisotopic (exact) mass is 457 g/mol. The Labute approximate surface area is 193 Å². The van der Waals surface area contributed by atoms with Crippen molar-refractivity contribution in [1.29, 1.82) is 0 Å². The van der Waals surface area contributed by atoms with Crippen LogP contribution in [0.1, 0.15) is 51.7 Å². The first-order valence-corrected chi connectivity index (χ1v) is 10.8. The first kappa shape index (κ1) is 25.1. The topological polar surface area (TPSA) is 96.9 Å². The molecule has 0 radical (unpaired) electrons. The predicted octanol–water partition coefficient (Wildman–Crippen LogP) is 4.54. The van der Waals surface area contributed by atoms with Gasteiger partial charge in [-0.1, -0.05) is 55.8 Å². The van der Waals surface area contributed by atoms with Gasteiger partial charge in [0, 0.05) is 23.1 Å². The number of amides is 2. The van der Waals surface area contributed by atoms with Crippen LogP contribution in [0.2, 0.25) is 5.02 Å². The Morgan fingerprint density at radius 2 is 1.69 bits per heavy atom. The highest BCUT2D eigenvalue weighted by Crippen LogP contribution is 2.29. The number of carbonyl (C=O) groups excluding carboxylic acids is 3. The van der Waals surface area contributed by atoms with E-state index in [1.54, 1.807) is 39.0 Å². The number of carbonyl (C=O) groups is 3. The van der Waals surface area contributed by atoms with E-state index in [0.29, 0.717) is 27.5 Å². The fraction of sp³-hybridized carbons (Fsp3) is 0.333. The summed E-state index contributed by atoms with van der Waals surface area (Å²) in [5, 5.41) is 7.57. The van der Waals surface area contributed by atoms with E-state index in [1.165, 1.54) is 6.92 Å². The molecule has 0 aliphatic rings. The summed E-state index contributed by atoms with van der Waals surface area (Å²) in [6, 6.07) is 14.1. The lowest BCUT2D eigenvalue weighted by atomic mass is 9.81. The van der Waals surface area contributed by atoms with Crippen LogP contribution in [0.15, 0.2) is 53.6 Å². The number of nitrogens with one attached hydrogen (secondary N) is 2. The van der Waals surface area contributed by atoms with Crippen molar-refractivity contribution >= 4 is 40.8 Å². The highest BCUT2D eigenvalue weighted by Gasteiger charge is 2.44. The van der Waals surface area contributed by atoms with Gasteiger partial charge in [-0.2, -0.15) is 5.10 Å². The van der Waals surface area contributed by atoms with Crippen LogP contribution in [0.5, 0.6) is 0 Å². The van der Waals surface area contributed by atoms with Crippen LogP contribution >= 0.6 is 11.6 Å². The number of halogens is 1. The maximum absolute atomic E-state index is 13.1. The van der Waals surface area contributed by atoms with E-state index in [9.17, 15) is 14.4 Å². The van der Waals surface area contributed by atoms with Gasteiger partial charge in [-0.3, -0.25) is 14.4 Å². The molecule has 0 aliphatic heterocycles. The molecule has 0 aromatic heterocycles. The SMILES string of the molecule is CCOC(=O)C(CC)(CC)C(=O)N/N=C(\c1ccccc1)c1cc(Cl)ccc1NC(C)=O. The molecule has 0 bridgehead atoms. The first-order chi connectivity index (χ1) is 15.3. The van der Waals surface area contributed by atoms with Crippen molar-refractivity contribution in [3.8, 4) is 0 Å². The maximum Gasteiger partial charge on any atom is 0.321 e. The number of hydrazone groups is 1. The highest BCUT2D eigenvalue weighted by molar-refractivity contribution is 6.31. The average molecular weight is 458 g/mol. The van der Waals surface area contributed by atoms with Gasteiger partial charge >= 0.3 is 5.97 Å². The third-order valence-corrected chi connectivity index (χ3v) is 5.41. The Morgan fingerprint density at radius 3 is 2.25 bits per heavy atom. The standard InChI is InChI=1S/C24H28ClN3O4/c1-5-24(6-2,23(31)32-7-3)22(30)28-27-21(17-11-9-8-10-12-17)19-15-18(25)13-14-20(19)26-16(4)29/h8-15H,5-7H2,1-4H3,(H,26,29)(H,28,30)/b27-21+. The fourth-order valence-electron chi connectivity index (χ4n) is 3.32. The lowest BCUT2D eigenvalue weighted by Gasteiger charge is -2.26. The van der Waals surface area contributed by atoms with Crippen LogP contribution in [0, 0.1) is 5.41 Å². The van der Waals surface area contributed by atoms with Gasteiger partial charge in [0.15, 0.2) is 0 Å². The van der Waals surface area contributed by atoms with Crippen molar-refractivity contribution in [1.82, 2.24) is 5.43 Å². The van der Waals surface area contributed by atoms with Gasteiger partial charge in [0.05, 0.1) is 18.0 Å². The van der Waals surface area contributed by atoms with Crippen LogP contribution < -0.4 is 10.7 Å². The molecule has 0 saturated heterocycles. The van der Waals surface area contributed by atoms with Crippen molar-refractivity contribution in [2.75, 3.05) is 11.9 Å². The summed E-state index contributed by atoms with van der Waals surface area (Å²) in [5.74, 6) is -1.40. The number of rotatable bonds is 9. The minimum atomic E-state index is -1.35. The number of nitrogens with zero attached hydrogens (tertiary/aromatic N) is 1. The van der Waals surface area contributed by atoms with Gasteiger partial charge in [-0.05, 0) is 38.0 Å². The Balaban J connectivity index is 2.56. The summed E-state index contributed by atoms with van der Waals surface area (Å²) in [7, 11) is 0. The number of hydrogen-bond acceptors (Lipinski definition) is 5. The molecular weight excluding hydrogens is 430 g/mol. The van der Waals surface area contributed by atoms with Gasteiger partial charge in [-0.25, -0.2) is 5.43 Å². The van der Waals surface area contributed by atoms with Crippen molar-refractivity contribution in [2.45, 2.75) is 40.5 Å². The summed E-state index contributed by atoms with van der Waals surface area (Å²) < 4.78 is 5.15. The molecular formula is C24H28ClN3O4. The van der Waals surface area contributed by atoms with Gasteiger partial charge in [0.2, 0.25) is 5.91 Å². The molecule has 0 spiro atoms. The second-order valence-corrected chi connectivity index (χ2v) is 7.58. The molecule has 0 saturated carbocycles. The third kappa shape index (κ3) is 5.73. The molecule has 0 unspecified atom stereocenters. The number of esters is 1. The lowest BCUT2D eigenvalue weighted by Crippen LogP contribution is -2.45. The van der Waals surface area contributed by atoms with Crippen molar-refractivity contribution < 1.29 is 19.1 Å². The molecule has 2 aromatic rings. The molecule has 0 aliphatic carbocycles. The number of anilines is 1. The summed E-state index contributed by atoms with van der Waals surface area (Å²) in [5.41, 5.74) is 3.29. The number of benzene rings is 2. The summed E-state index contributed by atoms with van der Waals surface area (Å²) >= 11 is 6.23. The number of ether oxygens (including phenoxy) is 1. The zero-order chi connectivity index (χ0) is 23.7. The van der Waals surface area contributed by atoms with Gasteiger partial charge in [0.1, 0.15) is 5.41 Å². The quantitative estimate of drug-likeness (QED) is 0.250. The van der Waals surface area contributed by atoms with Crippen molar-refractivity contribution in [3.05, 3.63) is 64.7 Å². The van der Waals surface area contributed by atoms with Gasteiger partial charge < -0.3 is 10.1 Å². The molecule has 0 fully saturated rings. The molecule has 2 N–H and O–H groups in total. The largest absolute Gasteiger partial charge is 0.465 e. The molecule has 32 heavy (non-hydrogen) atoms. The van der Waals surface area contributed by atoms with E-state index in [2.05, 4.69) is 15.8 Å². The second-order valence-electron chi connectivity index (χ2n) is 7.15. The van der Waals surface area contributed by atoms with Gasteiger partial charge in [-0.15, -0.1) is 0 Å². The molecule has 0 atom stereocenters. The van der Waals surface area contributed by atoms with Crippen molar-refractivity contribution in [2.24, 2.45) is 10.5 Å². The first-order valence-electron chi connectivity index (χ1n) is 10.5. The zero-order valence-corrected chi connectivity index (χ0v) is 19.5. The van der Waals surface area contributed by atoms with Crippen molar-refractivity contribution in [3.63, 3.8) is 0 Å². The van der Waals surface area contributed by atoms with E-state index >= 15 is 0 Å². The van der Waals surface area contributed by atoms with Gasteiger partial charge in [0.25, 0.3) is 5.91 Å². The Kier molecular flexibility index (Phi) is 8.96. The second kappa shape index (κ2) is 11.4. The minimum Gasteiger partial charge on any atom is -0.465 e. The van der Waals surface area contributed by atoms with Crippen LogP contribution in [0.4, 0.5) is 5.69 Å². The molecule has 2 amide bonds. The highest BCUT2D eigenvalue weighted by atomic mass is 35.5. The Hall–Kier alpha value is -3.19. The smallest absolute Gasteiger partial charge is 0.321 e. The zero-order valence-electron chi connectivity index (χ0n) is 18.7. The van der Waals surface area contributed by atoms with E-state index in [1.807, 2.05) is 30.3 Å². The Bertz CT molecular complexity index is 1000. The molecule has 2 rings (SSSR count). The Morgan fingerprint density at radius 1 is 1.03 bits per heavy atom. The fourth-order valence-corrected chi connectivity index (χ4v) is 3.49. The normalized spacial score (nSPS) is 11.6. The molecule has 0 heterocycles. The summed E-state index contributed by atoms with van der Waals surface area (Å²) in [6.45, 7) is 6.78.